The summed E-state index contributed by atoms with van der Waals surface area (Å²) in [7, 11) is 0. The van der Waals surface area contributed by atoms with Crippen LogP contribution in [0, 0.1) is 11.8 Å². The molecule has 0 unspecified atom stereocenters. The summed E-state index contributed by atoms with van der Waals surface area (Å²) >= 11 is 0. The third kappa shape index (κ3) is 3.93. The molecule has 1 aliphatic rings. The van der Waals surface area contributed by atoms with Crippen LogP contribution in [-0.4, -0.2) is 24.6 Å². The molecule has 19 heavy (non-hydrogen) atoms. The molecule has 1 aliphatic heterocycles. The van der Waals surface area contributed by atoms with Gasteiger partial charge in [-0.25, -0.2) is 4.98 Å². The van der Waals surface area contributed by atoms with Crippen molar-refractivity contribution in [2.24, 2.45) is 11.8 Å². The topological polar surface area (TPSA) is 28.2 Å². The molecule has 2 rings (SSSR count). The molecule has 3 nitrogen and oxygen atoms in total. The molecule has 1 saturated heterocycles. The average molecular weight is 261 g/mol. The second kappa shape index (κ2) is 6.90. The number of hydrogen-bond acceptors (Lipinski definition) is 3. The van der Waals surface area contributed by atoms with Crippen molar-refractivity contribution in [2.75, 3.05) is 24.5 Å². The van der Waals surface area contributed by atoms with Gasteiger partial charge in [0.25, 0.3) is 0 Å². The summed E-state index contributed by atoms with van der Waals surface area (Å²) in [6.45, 7) is 11.1. The fourth-order valence-electron chi connectivity index (χ4n) is 2.81. The molecule has 0 aromatic carbocycles. The molecule has 0 amide bonds. The minimum absolute atomic E-state index is 0.815. The van der Waals surface area contributed by atoms with Gasteiger partial charge in [0.2, 0.25) is 0 Å². The van der Waals surface area contributed by atoms with Gasteiger partial charge in [0.1, 0.15) is 5.82 Å². The van der Waals surface area contributed by atoms with Crippen molar-refractivity contribution in [1.29, 1.82) is 0 Å². The van der Waals surface area contributed by atoms with Crippen LogP contribution < -0.4 is 10.2 Å². The third-order valence-corrected chi connectivity index (χ3v) is 4.20. The van der Waals surface area contributed by atoms with E-state index in [0.29, 0.717) is 0 Å². The van der Waals surface area contributed by atoms with Gasteiger partial charge >= 0.3 is 0 Å². The lowest BCUT2D eigenvalue weighted by atomic mass is 9.87. The molecule has 1 aromatic rings. The van der Waals surface area contributed by atoms with E-state index in [2.05, 4.69) is 48.1 Å². The minimum Gasteiger partial charge on any atom is -0.357 e. The first-order valence-corrected chi connectivity index (χ1v) is 7.61. The standard InChI is InChI=1S/C16H27N3/c1-4-17-12-14-5-8-18-16(11-14)19-9-6-15(7-10-19)13(2)3/h5,8,11,13,15,17H,4,6-7,9-10,12H2,1-3H3. The number of nitrogens with zero attached hydrogens (tertiary/aromatic N) is 2. The molecule has 0 saturated carbocycles. The summed E-state index contributed by atoms with van der Waals surface area (Å²) in [6, 6.07) is 4.34. The summed E-state index contributed by atoms with van der Waals surface area (Å²) in [4.78, 5) is 6.98. The summed E-state index contributed by atoms with van der Waals surface area (Å²) < 4.78 is 0. The first-order valence-electron chi connectivity index (χ1n) is 7.61. The number of hydrogen-bond donors (Lipinski definition) is 1. The first-order chi connectivity index (χ1) is 9.20. The number of pyridine rings is 1. The van der Waals surface area contributed by atoms with E-state index < -0.39 is 0 Å². The van der Waals surface area contributed by atoms with Crippen molar-refractivity contribution in [2.45, 2.75) is 40.2 Å². The number of rotatable bonds is 5. The highest BCUT2D eigenvalue weighted by Gasteiger charge is 2.22. The van der Waals surface area contributed by atoms with E-state index in [9.17, 15) is 0 Å². The molecule has 0 spiro atoms. The highest BCUT2D eigenvalue weighted by Crippen LogP contribution is 2.27. The zero-order valence-corrected chi connectivity index (χ0v) is 12.5. The molecule has 2 heterocycles. The van der Waals surface area contributed by atoms with Crippen LogP contribution in [0.4, 0.5) is 5.82 Å². The maximum absolute atomic E-state index is 4.54. The Balaban J connectivity index is 1.95. The van der Waals surface area contributed by atoms with E-state index >= 15 is 0 Å². The Morgan fingerprint density at radius 1 is 1.37 bits per heavy atom. The van der Waals surface area contributed by atoms with Crippen LogP contribution in [0.15, 0.2) is 18.3 Å². The van der Waals surface area contributed by atoms with E-state index in [-0.39, 0.29) is 0 Å². The number of nitrogens with one attached hydrogen (secondary N) is 1. The zero-order chi connectivity index (χ0) is 13.7. The maximum atomic E-state index is 4.54. The van der Waals surface area contributed by atoms with Crippen LogP contribution in [0.3, 0.4) is 0 Å². The van der Waals surface area contributed by atoms with E-state index in [1.807, 2.05) is 6.20 Å². The number of anilines is 1. The van der Waals surface area contributed by atoms with Gasteiger partial charge in [-0.2, -0.15) is 0 Å². The molecule has 1 fully saturated rings. The lowest BCUT2D eigenvalue weighted by molar-refractivity contribution is 0.310. The number of aromatic nitrogens is 1. The highest BCUT2D eigenvalue weighted by atomic mass is 15.2. The summed E-state index contributed by atoms with van der Waals surface area (Å²) in [5.41, 5.74) is 1.33. The molecular weight excluding hydrogens is 234 g/mol. The summed E-state index contributed by atoms with van der Waals surface area (Å²) in [5.74, 6) is 2.86. The van der Waals surface area contributed by atoms with Crippen molar-refractivity contribution < 1.29 is 0 Å². The van der Waals surface area contributed by atoms with Crippen LogP contribution in [0.1, 0.15) is 39.2 Å². The van der Waals surface area contributed by atoms with E-state index in [0.717, 1.165) is 43.8 Å². The van der Waals surface area contributed by atoms with Gasteiger partial charge in [-0.15, -0.1) is 0 Å². The van der Waals surface area contributed by atoms with Gasteiger partial charge in [-0.3, -0.25) is 0 Å². The molecule has 0 aliphatic carbocycles. The average Bonchev–Trinajstić information content (AvgIpc) is 2.45. The molecular formula is C16H27N3. The quantitative estimate of drug-likeness (QED) is 0.883. The minimum atomic E-state index is 0.815. The van der Waals surface area contributed by atoms with Gasteiger partial charge in [0.05, 0.1) is 0 Å². The fourth-order valence-corrected chi connectivity index (χ4v) is 2.81. The molecule has 0 bridgehead atoms. The Labute approximate surface area is 117 Å². The van der Waals surface area contributed by atoms with Gasteiger partial charge in [-0.05, 0) is 48.9 Å². The first kappa shape index (κ1) is 14.3. The lowest BCUT2D eigenvalue weighted by Crippen LogP contribution is -2.35. The van der Waals surface area contributed by atoms with Crippen LogP contribution in [0.5, 0.6) is 0 Å². The second-order valence-electron chi connectivity index (χ2n) is 5.87. The predicted molar refractivity (Wildman–Crippen MR) is 81.4 cm³/mol. The van der Waals surface area contributed by atoms with Crippen LogP contribution in [-0.2, 0) is 6.54 Å². The zero-order valence-electron chi connectivity index (χ0n) is 12.5. The van der Waals surface area contributed by atoms with Crippen LogP contribution >= 0.6 is 0 Å². The van der Waals surface area contributed by atoms with Crippen molar-refractivity contribution in [3.63, 3.8) is 0 Å². The van der Waals surface area contributed by atoms with Gasteiger partial charge in [-0.1, -0.05) is 20.8 Å². The summed E-state index contributed by atoms with van der Waals surface area (Å²) in [6.07, 6.45) is 4.55. The van der Waals surface area contributed by atoms with Crippen molar-refractivity contribution in [1.82, 2.24) is 10.3 Å². The molecule has 3 heteroatoms. The van der Waals surface area contributed by atoms with Gasteiger partial charge in [0, 0.05) is 25.8 Å². The molecule has 1 N–H and O–H groups in total. The van der Waals surface area contributed by atoms with E-state index in [4.69, 9.17) is 0 Å². The maximum Gasteiger partial charge on any atom is 0.128 e. The Kier molecular flexibility index (Phi) is 5.20. The third-order valence-electron chi connectivity index (χ3n) is 4.20. The highest BCUT2D eigenvalue weighted by molar-refractivity contribution is 5.41. The monoisotopic (exact) mass is 261 g/mol. The molecule has 1 aromatic heterocycles. The summed E-state index contributed by atoms with van der Waals surface area (Å²) in [5, 5.41) is 3.37. The molecule has 106 valence electrons. The molecule has 0 atom stereocenters. The van der Waals surface area contributed by atoms with Crippen molar-refractivity contribution in [3.05, 3.63) is 23.9 Å². The smallest absolute Gasteiger partial charge is 0.128 e. The Hall–Kier alpha value is -1.09. The van der Waals surface area contributed by atoms with E-state index in [1.54, 1.807) is 0 Å². The predicted octanol–water partition coefficient (Wildman–Crippen LogP) is 3.06. The molecule has 0 radical (unpaired) electrons. The Bertz CT molecular complexity index is 381. The second-order valence-corrected chi connectivity index (χ2v) is 5.87. The normalized spacial score (nSPS) is 17.2. The van der Waals surface area contributed by atoms with Crippen LogP contribution in [0.2, 0.25) is 0 Å². The van der Waals surface area contributed by atoms with Crippen molar-refractivity contribution in [3.8, 4) is 0 Å². The lowest BCUT2D eigenvalue weighted by Gasteiger charge is -2.34. The van der Waals surface area contributed by atoms with Gasteiger partial charge < -0.3 is 10.2 Å². The van der Waals surface area contributed by atoms with Crippen LogP contribution in [0.25, 0.3) is 0 Å². The largest absolute Gasteiger partial charge is 0.357 e. The SMILES string of the molecule is CCNCc1ccnc(N2CCC(C(C)C)CC2)c1. The van der Waals surface area contributed by atoms with Crippen molar-refractivity contribution >= 4 is 5.82 Å². The number of piperidine rings is 1. The van der Waals surface area contributed by atoms with Gasteiger partial charge in [0.15, 0.2) is 0 Å². The van der Waals surface area contributed by atoms with E-state index in [1.165, 1.54) is 18.4 Å². The Morgan fingerprint density at radius 3 is 2.74 bits per heavy atom. The fraction of sp³-hybridized carbons (Fsp3) is 0.688. The Morgan fingerprint density at radius 2 is 2.11 bits per heavy atom.